The summed E-state index contributed by atoms with van der Waals surface area (Å²) in [6.45, 7) is 0.129. The van der Waals surface area contributed by atoms with E-state index < -0.39 is 41.6 Å². The molecule has 6 heterocycles. The number of carbonyl (C=O) groups excluding carboxylic acids is 3. The third-order valence-electron chi connectivity index (χ3n) is 7.87. The van der Waals surface area contributed by atoms with Gasteiger partial charge in [0.15, 0.2) is 5.65 Å². The van der Waals surface area contributed by atoms with E-state index in [-0.39, 0.29) is 60.7 Å². The monoisotopic (exact) mass is 595 g/mol. The van der Waals surface area contributed by atoms with Gasteiger partial charge >= 0.3 is 0 Å². The molecule has 2 saturated heterocycles. The normalized spacial score (nSPS) is 19.0. The first-order valence-electron chi connectivity index (χ1n) is 13.2. The number of rotatable bonds is 5. The molecule has 10 nitrogen and oxygen atoms in total. The van der Waals surface area contributed by atoms with Gasteiger partial charge in [-0.05, 0) is 24.6 Å². The largest absolute Gasteiger partial charge is 0.351 e. The van der Waals surface area contributed by atoms with Crippen molar-refractivity contribution in [3.63, 3.8) is 0 Å². The zero-order valence-corrected chi connectivity index (χ0v) is 22.5. The lowest BCUT2D eigenvalue weighted by Crippen LogP contribution is -2.52. The molecule has 1 aromatic carbocycles. The summed E-state index contributed by atoms with van der Waals surface area (Å²) in [4.78, 5) is 48.8. The fourth-order valence-corrected chi connectivity index (χ4v) is 5.92. The molecular weight excluding hydrogens is 575 g/mol. The van der Waals surface area contributed by atoms with Gasteiger partial charge in [-0.3, -0.25) is 24.7 Å². The highest BCUT2D eigenvalue weighted by atomic mass is 35.5. The van der Waals surface area contributed by atoms with Crippen LogP contribution in [-0.4, -0.2) is 67.7 Å². The molecule has 3 amide bonds. The highest BCUT2D eigenvalue weighted by molar-refractivity contribution is 6.33. The number of amides is 3. The molecule has 0 bridgehead atoms. The summed E-state index contributed by atoms with van der Waals surface area (Å²) < 4.78 is 44.8. The molecule has 2 fully saturated rings. The van der Waals surface area contributed by atoms with Crippen LogP contribution >= 0.6 is 11.6 Å². The van der Waals surface area contributed by atoms with Gasteiger partial charge in [0.25, 0.3) is 5.91 Å². The third-order valence-corrected chi connectivity index (χ3v) is 8.16. The average Bonchev–Trinajstić information content (AvgIpc) is 3.49. The molecule has 7 rings (SSSR count). The number of aromatic nitrogens is 4. The smallest absolute Gasteiger partial charge is 0.255 e. The second-order valence-corrected chi connectivity index (χ2v) is 10.9. The van der Waals surface area contributed by atoms with Crippen LogP contribution < -0.4 is 10.2 Å². The van der Waals surface area contributed by atoms with Crippen molar-refractivity contribution in [1.82, 2.24) is 30.0 Å². The predicted molar refractivity (Wildman–Crippen MR) is 144 cm³/mol. The minimum atomic E-state index is -0.994. The van der Waals surface area contributed by atoms with Crippen molar-refractivity contribution in [1.29, 1.82) is 0 Å². The van der Waals surface area contributed by atoms with Crippen LogP contribution in [0.25, 0.3) is 22.3 Å². The zero-order valence-electron chi connectivity index (χ0n) is 21.8. The molecule has 1 atom stereocenters. The lowest BCUT2D eigenvalue weighted by molar-refractivity contribution is -0.136. The van der Waals surface area contributed by atoms with Crippen LogP contribution in [0.2, 0.25) is 5.02 Å². The molecule has 3 aliphatic heterocycles. The van der Waals surface area contributed by atoms with Crippen molar-refractivity contribution in [3.8, 4) is 11.3 Å². The Bertz CT molecular complexity index is 1820. The van der Waals surface area contributed by atoms with E-state index >= 15 is 4.39 Å². The SMILES string of the molecule is O=C1CCC(N2Cc3c(ccc(Cn4ncc5c(-c6ncc(F)cc6Cl)cc(N6CC(F)C6)nc54)c3F)C2=O)C(=O)N1. The van der Waals surface area contributed by atoms with Gasteiger partial charge in [-0.25, -0.2) is 22.8 Å². The average molecular weight is 596 g/mol. The molecule has 0 saturated carbocycles. The summed E-state index contributed by atoms with van der Waals surface area (Å²) in [7, 11) is 0. The van der Waals surface area contributed by atoms with Crippen LogP contribution in [0.4, 0.5) is 19.0 Å². The van der Waals surface area contributed by atoms with E-state index in [1.807, 2.05) is 0 Å². The molecule has 3 aromatic heterocycles. The van der Waals surface area contributed by atoms with Gasteiger partial charge in [0.1, 0.15) is 29.7 Å². The molecule has 42 heavy (non-hydrogen) atoms. The Kier molecular flexibility index (Phi) is 6.15. The molecule has 3 aliphatic rings. The first kappa shape index (κ1) is 26.4. The lowest BCUT2D eigenvalue weighted by Gasteiger charge is -2.35. The number of benzene rings is 1. The number of fused-ring (bicyclic) bond motifs is 2. The van der Waals surface area contributed by atoms with Crippen LogP contribution in [0.15, 0.2) is 36.7 Å². The number of anilines is 1. The van der Waals surface area contributed by atoms with E-state index in [2.05, 4.69) is 20.4 Å². The maximum Gasteiger partial charge on any atom is 0.255 e. The number of alkyl halides is 1. The van der Waals surface area contributed by atoms with E-state index in [0.717, 1.165) is 12.3 Å². The van der Waals surface area contributed by atoms with Gasteiger partial charge in [-0.15, -0.1) is 0 Å². The Balaban J connectivity index is 1.25. The number of halogens is 4. The van der Waals surface area contributed by atoms with Crippen LogP contribution in [0, 0.1) is 11.6 Å². The summed E-state index contributed by atoms with van der Waals surface area (Å²) in [5.74, 6) is -2.23. The molecule has 0 radical (unpaired) electrons. The zero-order chi connectivity index (χ0) is 29.3. The number of pyridine rings is 2. The summed E-state index contributed by atoms with van der Waals surface area (Å²) in [5.41, 5.74) is 1.70. The number of nitrogens with zero attached hydrogens (tertiary/aromatic N) is 6. The second kappa shape index (κ2) is 9.79. The van der Waals surface area contributed by atoms with Crippen LogP contribution in [0.5, 0.6) is 0 Å². The van der Waals surface area contributed by atoms with Crippen LogP contribution in [0.3, 0.4) is 0 Å². The van der Waals surface area contributed by atoms with E-state index in [9.17, 15) is 23.2 Å². The van der Waals surface area contributed by atoms with Gasteiger partial charge in [0.05, 0.1) is 49.3 Å². The van der Waals surface area contributed by atoms with Gasteiger partial charge in [0, 0.05) is 34.1 Å². The van der Waals surface area contributed by atoms with Crippen LogP contribution in [-0.2, 0) is 22.7 Å². The molecule has 0 aliphatic carbocycles. The second-order valence-electron chi connectivity index (χ2n) is 10.5. The lowest BCUT2D eigenvalue weighted by atomic mass is 10.0. The summed E-state index contributed by atoms with van der Waals surface area (Å²) >= 11 is 6.33. The van der Waals surface area contributed by atoms with Gasteiger partial charge < -0.3 is 9.80 Å². The Morgan fingerprint density at radius 2 is 1.88 bits per heavy atom. The fraction of sp³-hybridized carbons (Fsp3) is 0.286. The molecule has 14 heteroatoms. The van der Waals surface area contributed by atoms with Crippen molar-refractivity contribution in [3.05, 3.63) is 70.0 Å². The summed E-state index contributed by atoms with van der Waals surface area (Å²) in [5, 5.41) is 7.26. The first-order chi connectivity index (χ1) is 20.2. The maximum absolute atomic E-state index is 15.9. The number of piperidine rings is 1. The first-order valence-corrected chi connectivity index (χ1v) is 13.6. The third kappa shape index (κ3) is 4.26. The quantitative estimate of drug-likeness (QED) is 0.352. The number of hydrogen-bond donors (Lipinski definition) is 1. The number of carbonyl (C=O) groups is 3. The topological polar surface area (TPSA) is 113 Å². The fourth-order valence-electron chi connectivity index (χ4n) is 5.67. The molecule has 1 unspecified atom stereocenters. The van der Waals surface area contributed by atoms with Crippen molar-refractivity contribution < 1.29 is 27.6 Å². The van der Waals surface area contributed by atoms with Gasteiger partial charge in [-0.1, -0.05) is 17.7 Å². The molecule has 4 aromatic rings. The minimum absolute atomic E-state index is 0.0541. The Hall–Kier alpha value is -4.52. The number of nitrogens with one attached hydrogen (secondary N) is 1. The Labute approximate surface area is 241 Å². The Morgan fingerprint density at radius 1 is 1.07 bits per heavy atom. The summed E-state index contributed by atoms with van der Waals surface area (Å²) in [6.07, 6.45) is 1.83. The van der Waals surface area contributed by atoms with E-state index in [1.54, 1.807) is 11.0 Å². The number of imide groups is 1. The number of hydrogen-bond acceptors (Lipinski definition) is 7. The van der Waals surface area contributed by atoms with E-state index in [0.29, 0.717) is 28.1 Å². The van der Waals surface area contributed by atoms with Crippen molar-refractivity contribution in [2.24, 2.45) is 0 Å². The molecule has 214 valence electrons. The van der Waals surface area contributed by atoms with Crippen LogP contribution in [0.1, 0.15) is 34.3 Å². The van der Waals surface area contributed by atoms with Gasteiger partial charge in [0.2, 0.25) is 11.8 Å². The predicted octanol–water partition coefficient (Wildman–Crippen LogP) is 3.39. The standard InChI is InChI=1S/C28H21ClF3N7O3/c29-20-5-14(30)7-33-25(20)17-6-22(37-10-15(31)11-37)35-26-18(17)8-34-39(26)9-13-1-2-16-19(24(13)32)12-38(28(16)42)21-3-4-23(40)36-27(21)41/h1-2,5-8,15,21H,3-4,9-12H2,(H,36,40,41). The maximum atomic E-state index is 15.9. The highest BCUT2D eigenvalue weighted by Gasteiger charge is 2.40. The van der Waals surface area contributed by atoms with Crippen molar-refractivity contribution in [2.45, 2.75) is 38.1 Å². The molecule has 1 N–H and O–H groups in total. The van der Waals surface area contributed by atoms with Crippen molar-refractivity contribution in [2.75, 3.05) is 18.0 Å². The summed E-state index contributed by atoms with van der Waals surface area (Å²) in [6, 6.07) is 4.97. The molecular formula is C28H21ClF3N7O3. The Morgan fingerprint density at radius 3 is 2.62 bits per heavy atom. The van der Waals surface area contributed by atoms with Crippen molar-refractivity contribution >= 4 is 46.2 Å². The highest BCUT2D eigenvalue weighted by Crippen LogP contribution is 2.36. The van der Waals surface area contributed by atoms with E-state index in [4.69, 9.17) is 11.6 Å². The minimum Gasteiger partial charge on any atom is -0.351 e. The van der Waals surface area contributed by atoms with E-state index in [1.165, 1.54) is 27.9 Å². The van der Waals surface area contributed by atoms with Gasteiger partial charge in [-0.2, -0.15) is 5.10 Å². The molecule has 0 spiro atoms.